The first kappa shape index (κ1) is 14.6. The van der Waals surface area contributed by atoms with Gasteiger partial charge in [-0.15, -0.1) is 0 Å². The fourth-order valence-corrected chi connectivity index (χ4v) is 1.74. The quantitative estimate of drug-likeness (QED) is 0.617. The number of hydrogen-bond donors (Lipinski definition) is 0. The van der Waals surface area contributed by atoms with Gasteiger partial charge in [0.1, 0.15) is 12.0 Å². The van der Waals surface area contributed by atoms with Gasteiger partial charge in [0.05, 0.1) is 18.0 Å². The maximum absolute atomic E-state index is 12.1. The summed E-state index contributed by atoms with van der Waals surface area (Å²) in [6, 6.07) is 2.51. The van der Waals surface area contributed by atoms with E-state index in [9.17, 15) is 18.4 Å². The van der Waals surface area contributed by atoms with E-state index in [1.165, 1.54) is 19.2 Å². The van der Waals surface area contributed by atoms with E-state index in [-0.39, 0.29) is 27.8 Å². The molecule has 0 saturated carbocycles. The molecule has 18 heavy (non-hydrogen) atoms. The molecular formula is C11H9BrF2O4. The molecule has 7 heteroatoms. The second-order valence-electron chi connectivity index (χ2n) is 3.23. The molecule has 1 aromatic rings. The Morgan fingerprint density at radius 1 is 1.50 bits per heavy atom. The topological polar surface area (TPSA) is 52.6 Å². The van der Waals surface area contributed by atoms with E-state index in [0.29, 0.717) is 6.29 Å². The zero-order valence-corrected chi connectivity index (χ0v) is 10.9. The predicted molar refractivity (Wildman–Crippen MR) is 61.9 cm³/mol. The summed E-state index contributed by atoms with van der Waals surface area (Å²) >= 11 is 3.00. The van der Waals surface area contributed by atoms with Gasteiger partial charge in [-0.25, -0.2) is 0 Å². The maximum atomic E-state index is 12.1. The number of ether oxygens (including phenoxy) is 2. The standard InChI is InChI=1S/C11H9BrF2O4/c1-17-10(16)4-6-3-9(18-11(13)14)8(12)2-7(6)5-15/h2-3,5,11H,4H2,1H3. The van der Waals surface area contributed by atoms with Gasteiger partial charge in [0.25, 0.3) is 0 Å². The van der Waals surface area contributed by atoms with Crippen LogP contribution in [0.4, 0.5) is 8.78 Å². The molecule has 4 nitrogen and oxygen atoms in total. The van der Waals surface area contributed by atoms with Crippen molar-refractivity contribution in [3.05, 3.63) is 27.7 Å². The average Bonchev–Trinajstić information content (AvgIpc) is 2.32. The monoisotopic (exact) mass is 322 g/mol. The number of benzene rings is 1. The molecule has 0 aliphatic rings. The highest BCUT2D eigenvalue weighted by Gasteiger charge is 2.15. The molecule has 0 saturated heterocycles. The van der Waals surface area contributed by atoms with Crippen molar-refractivity contribution in [1.82, 2.24) is 0 Å². The molecule has 0 fully saturated rings. The van der Waals surface area contributed by atoms with Gasteiger partial charge in [0.15, 0.2) is 0 Å². The molecule has 0 unspecified atom stereocenters. The molecule has 0 bridgehead atoms. The van der Waals surface area contributed by atoms with Gasteiger partial charge in [-0.05, 0) is 33.6 Å². The molecule has 0 N–H and O–H groups in total. The van der Waals surface area contributed by atoms with Crippen molar-refractivity contribution in [2.45, 2.75) is 13.0 Å². The smallest absolute Gasteiger partial charge is 0.387 e. The highest BCUT2D eigenvalue weighted by atomic mass is 79.9. The molecule has 0 heterocycles. The second-order valence-corrected chi connectivity index (χ2v) is 4.09. The molecule has 1 aromatic carbocycles. The van der Waals surface area contributed by atoms with Crippen molar-refractivity contribution in [3.8, 4) is 5.75 Å². The molecule has 0 atom stereocenters. The Bertz CT molecular complexity index is 463. The predicted octanol–water partition coefficient (Wildman–Crippen LogP) is 2.58. The number of carbonyl (C=O) groups is 2. The number of halogens is 3. The highest BCUT2D eigenvalue weighted by Crippen LogP contribution is 2.30. The summed E-state index contributed by atoms with van der Waals surface area (Å²) < 4.78 is 33.2. The first-order chi connectivity index (χ1) is 8.47. The van der Waals surface area contributed by atoms with Crippen LogP contribution >= 0.6 is 15.9 Å². The summed E-state index contributed by atoms with van der Waals surface area (Å²) in [5.41, 5.74) is 0.463. The van der Waals surface area contributed by atoms with Crippen molar-refractivity contribution in [1.29, 1.82) is 0 Å². The molecule has 0 amide bonds. The summed E-state index contributed by atoms with van der Waals surface area (Å²) in [6.07, 6.45) is 0.326. The minimum atomic E-state index is -2.99. The second kappa shape index (κ2) is 6.44. The van der Waals surface area contributed by atoms with Crippen LogP contribution in [-0.4, -0.2) is 26.0 Å². The van der Waals surface area contributed by atoms with Gasteiger partial charge in [-0.3, -0.25) is 9.59 Å². The summed E-state index contributed by atoms with van der Waals surface area (Å²) in [4.78, 5) is 21.9. The van der Waals surface area contributed by atoms with Gasteiger partial charge in [-0.1, -0.05) is 0 Å². The van der Waals surface area contributed by atoms with Crippen LogP contribution in [0, 0.1) is 0 Å². The zero-order valence-electron chi connectivity index (χ0n) is 9.28. The number of methoxy groups -OCH3 is 1. The number of carbonyl (C=O) groups excluding carboxylic acids is 2. The van der Waals surface area contributed by atoms with Crippen LogP contribution in [0.25, 0.3) is 0 Å². The molecule has 98 valence electrons. The van der Waals surface area contributed by atoms with Gasteiger partial charge in [0, 0.05) is 5.56 Å². The Labute approximate surface area is 110 Å². The van der Waals surface area contributed by atoms with E-state index in [1.807, 2.05) is 0 Å². The van der Waals surface area contributed by atoms with Crippen LogP contribution in [0.3, 0.4) is 0 Å². The third-order valence-corrected chi connectivity index (χ3v) is 2.72. The van der Waals surface area contributed by atoms with Gasteiger partial charge >= 0.3 is 12.6 Å². The normalized spacial score (nSPS) is 10.3. The third-order valence-electron chi connectivity index (χ3n) is 2.10. The number of rotatable bonds is 5. The van der Waals surface area contributed by atoms with E-state index in [1.54, 1.807) is 0 Å². The van der Waals surface area contributed by atoms with Crippen LogP contribution in [-0.2, 0) is 16.0 Å². The molecular weight excluding hydrogens is 314 g/mol. The number of esters is 1. The van der Waals surface area contributed by atoms with Crippen LogP contribution in [0.2, 0.25) is 0 Å². The van der Waals surface area contributed by atoms with Gasteiger partial charge in [-0.2, -0.15) is 8.78 Å². The Morgan fingerprint density at radius 3 is 2.67 bits per heavy atom. The summed E-state index contributed by atoms with van der Waals surface area (Å²) in [7, 11) is 1.19. The first-order valence-corrected chi connectivity index (χ1v) is 5.56. The third kappa shape index (κ3) is 3.76. The zero-order chi connectivity index (χ0) is 13.7. The Morgan fingerprint density at radius 2 is 2.17 bits per heavy atom. The van der Waals surface area contributed by atoms with Crippen LogP contribution in [0.5, 0.6) is 5.75 Å². The Kier molecular flexibility index (Phi) is 5.21. The molecule has 1 rings (SSSR count). The van der Waals surface area contributed by atoms with E-state index in [2.05, 4.69) is 25.4 Å². The summed E-state index contributed by atoms with van der Waals surface area (Å²) in [5.74, 6) is -0.724. The van der Waals surface area contributed by atoms with Crippen LogP contribution in [0.1, 0.15) is 15.9 Å². The van der Waals surface area contributed by atoms with E-state index < -0.39 is 12.6 Å². The molecule has 0 radical (unpaired) electrons. The number of aldehydes is 1. The first-order valence-electron chi connectivity index (χ1n) is 4.77. The Hall–Kier alpha value is -1.50. The van der Waals surface area contributed by atoms with Gasteiger partial charge in [0.2, 0.25) is 0 Å². The lowest BCUT2D eigenvalue weighted by Crippen LogP contribution is -2.09. The maximum Gasteiger partial charge on any atom is 0.387 e. The minimum Gasteiger partial charge on any atom is -0.469 e. The number of hydrogen-bond acceptors (Lipinski definition) is 4. The van der Waals surface area contributed by atoms with E-state index in [4.69, 9.17) is 0 Å². The minimum absolute atomic E-state index is 0.144. The average molecular weight is 323 g/mol. The van der Waals surface area contributed by atoms with Crippen molar-refractivity contribution in [3.63, 3.8) is 0 Å². The van der Waals surface area contributed by atoms with Crippen molar-refractivity contribution >= 4 is 28.2 Å². The fourth-order valence-electron chi connectivity index (χ4n) is 1.29. The van der Waals surface area contributed by atoms with Crippen LogP contribution in [0.15, 0.2) is 16.6 Å². The summed E-state index contributed by atoms with van der Waals surface area (Å²) in [6.45, 7) is -2.99. The lowest BCUT2D eigenvalue weighted by molar-refractivity contribution is -0.139. The van der Waals surface area contributed by atoms with Crippen LogP contribution < -0.4 is 4.74 Å². The molecule has 0 spiro atoms. The largest absolute Gasteiger partial charge is 0.469 e. The van der Waals surface area contributed by atoms with Crippen molar-refractivity contribution < 1.29 is 27.8 Å². The van der Waals surface area contributed by atoms with E-state index in [0.717, 1.165) is 0 Å². The lowest BCUT2D eigenvalue weighted by Gasteiger charge is -2.10. The molecule has 0 aromatic heterocycles. The van der Waals surface area contributed by atoms with E-state index >= 15 is 0 Å². The van der Waals surface area contributed by atoms with Crippen molar-refractivity contribution in [2.75, 3.05) is 7.11 Å². The molecule has 0 aliphatic carbocycles. The Balaban J connectivity index is 3.13. The summed E-state index contributed by atoms with van der Waals surface area (Å²) in [5, 5.41) is 0. The fraction of sp³-hybridized carbons (Fsp3) is 0.273. The van der Waals surface area contributed by atoms with Crippen molar-refractivity contribution in [2.24, 2.45) is 0 Å². The lowest BCUT2D eigenvalue weighted by atomic mass is 10.1. The van der Waals surface area contributed by atoms with Gasteiger partial charge < -0.3 is 9.47 Å². The highest BCUT2D eigenvalue weighted by molar-refractivity contribution is 9.10. The number of alkyl halides is 2. The molecule has 0 aliphatic heterocycles. The SMILES string of the molecule is COC(=O)Cc1cc(OC(F)F)c(Br)cc1C=O.